The predicted molar refractivity (Wildman–Crippen MR) is 28.5 cm³/mol. The average Bonchev–Trinajstić information content (AvgIpc) is 2.14. The lowest BCUT2D eigenvalue weighted by Gasteiger charge is -1.95. The van der Waals surface area contributed by atoms with Crippen molar-refractivity contribution in [1.29, 1.82) is 5.26 Å². The number of nitrogens with zero attached hydrogens (tertiary/aromatic N) is 2. The Balaban J connectivity index is 2.47. The van der Waals surface area contributed by atoms with Crippen molar-refractivity contribution in [3.63, 3.8) is 0 Å². The van der Waals surface area contributed by atoms with E-state index in [0.717, 1.165) is 0 Å². The first-order valence-electron chi connectivity index (χ1n) is 1.77. The summed E-state index contributed by atoms with van der Waals surface area (Å²) < 4.78 is 0. The van der Waals surface area contributed by atoms with Gasteiger partial charge in [-0.1, -0.05) is 0 Å². The highest BCUT2D eigenvalue weighted by Gasteiger charge is 2.00. The second kappa shape index (κ2) is 1.90. The molecule has 0 aromatic heterocycles. The molecule has 3 heteroatoms. The molecular weight excluding hydrogens is 108 g/mol. The summed E-state index contributed by atoms with van der Waals surface area (Å²) in [6.07, 6.45) is 3.65. The van der Waals surface area contributed by atoms with E-state index >= 15 is 0 Å². The predicted octanol–water partition coefficient (Wildman–Crippen LogP) is 1.11. The highest BCUT2D eigenvalue weighted by molar-refractivity contribution is 8.04. The Labute approximate surface area is 46.4 Å². The van der Waals surface area contributed by atoms with Gasteiger partial charge in [0.05, 0.1) is 0 Å². The van der Waals surface area contributed by atoms with Gasteiger partial charge in [0.2, 0.25) is 0 Å². The van der Waals surface area contributed by atoms with Crippen LogP contribution in [0.1, 0.15) is 0 Å². The molecule has 0 aromatic rings. The number of hydrogen-bond acceptors (Lipinski definition) is 3. The van der Waals surface area contributed by atoms with E-state index < -0.39 is 0 Å². The van der Waals surface area contributed by atoms with Crippen molar-refractivity contribution in [2.75, 3.05) is 0 Å². The number of rotatable bonds is 0. The molecule has 0 amide bonds. The van der Waals surface area contributed by atoms with Crippen LogP contribution in [0.4, 0.5) is 0 Å². The maximum atomic E-state index is 8.15. The zero-order valence-electron chi connectivity index (χ0n) is 3.53. The molecule has 1 rings (SSSR count). The molecule has 0 unspecified atom stereocenters. The molecule has 7 heavy (non-hydrogen) atoms. The minimum atomic E-state index is 1.45. The molecular formula is C4H3N2S. The zero-order valence-corrected chi connectivity index (χ0v) is 4.35. The summed E-state index contributed by atoms with van der Waals surface area (Å²) in [5, 5.41) is 10.00. The molecule has 0 atom stereocenters. The Bertz CT molecular complexity index is 124. The molecule has 1 heterocycles. The standard InChI is InChI=1S/C4H3N2S/c5-3-6-1-2-7-4-6/h1-2,4H. The molecule has 35 valence electrons. The first-order chi connectivity index (χ1) is 3.43. The van der Waals surface area contributed by atoms with E-state index in [1.54, 1.807) is 12.1 Å². The molecule has 0 N–H and O–H groups in total. The Morgan fingerprint density at radius 3 is 2.86 bits per heavy atom. The van der Waals surface area contributed by atoms with E-state index in [2.05, 4.69) is 0 Å². The fourth-order valence-electron chi connectivity index (χ4n) is 0.293. The van der Waals surface area contributed by atoms with E-state index in [-0.39, 0.29) is 0 Å². The van der Waals surface area contributed by atoms with E-state index in [9.17, 15) is 0 Å². The zero-order chi connectivity index (χ0) is 5.11. The van der Waals surface area contributed by atoms with Crippen molar-refractivity contribution in [2.45, 2.75) is 0 Å². The van der Waals surface area contributed by atoms with Crippen LogP contribution in [0.2, 0.25) is 0 Å². The molecule has 1 aliphatic rings. The van der Waals surface area contributed by atoms with Gasteiger partial charge in [0, 0.05) is 6.20 Å². The molecule has 0 aliphatic carbocycles. The lowest BCUT2D eigenvalue weighted by Crippen LogP contribution is -1.96. The van der Waals surface area contributed by atoms with Gasteiger partial charge in [-0.15, -0.1) is 11.8 Å². The quantitative estimate of drug-likeness (QED) is 0.438. The molecule has 0 aromatic carbocycles. The van der Waals surface area contributed by atoms with Crippen molar-refractivity contribution >= 4 is 11.8 Å². The average molecular weight is 111 g/mol. The van der Waals surface area contributed by atoms with E-state index in [0.29, 0.717) is 0 Å². The van der Waals surface area contributed by atoms with Crippen LogP contribution in [0.5, 0.6) is 0 Å². The van der Waals surface area contributed by atoms with Crippen LogP contribution in [-0.4, -0.2) is 4.90 Å². The summed E-state index contributed by atoms with van der Waals surface area (Å²) in [5.74, 6) is 1.74. The second-order valence-electron chi connectivity index (χ2n) is 1.03. The fourth-order valence-corrected chi connectivity index (χ4v) is 0.814. The summed E-state index contributed by atoms with van der Waals surface area (Å²) in [5.41, 5.74) is 0. The Morgan fingerprint density at radius 2 is 2.57 bits per heavy atom. The summed E-state index contributed by atoms with van der Waals surface area (Å²) in [6, 6.07) is 0. The molecule has 1 radical (unpaired) electrons. The van der Waals surface area contributed by atoms with Crippen molar-refractivity contribution in [3.8, 4) is 6.19 Å². The van der Waals surface area contributed by atoms with Gasteiger partial charge in [0.1, 0.15) is 5.88 Å². The van der Waals surface area contributed by atoms with Gasteiger partial charge >= 0.3 is 0 Å². The van der Waals surface area contributed by atoms with Gasteiger partial charge in [-0.05, 0) is 5.41 Å². The van der Waals surface area contributed by atoms with Crippen molar-refractivity contribution < 1.29 is 0 Å². The number of thioether (sulfide) groups is 1. The minimum Gasteiger partial charge on any atom is -0.270 e. The summed E-state index contributed by atoms with van der Waals surface area (Å²) in [7, 11) is 0. The van der Waals surface area contributed by atoms with Crippen molar-refractivity contribution in [2.24, 2.45) is 0 Å². The molecule has 0 saturated carbocycles. The first-order valence-corrected chi connectivity index (χ1v) is 2.71. The van der Waals surface area contributed by atoms with Crippen molar-refractivity contribution in [3.05, 3.63) is 17.5 Å². The second-order valence-corrected chi connectivity index (χ2v) is 1.79. The Kier molecular flexibility index (Phi) is 1.23. The third-order valence-corrected chi connectivity index (χ3v) is 1.22. The van der Waals surface area contributed by atoms with E-state index in [1.807, 2.05) is 11.6 Å². The van der Waals surface area contributed by atoms with Crippen LogP contribution in [0.3, 0.4) is 0 Å². The van der Waals surface area contributed by atoms with Crippen LogP contribution in [0.15, 0.2) is 11.6 Å². The number of nitriles is 1. The topological polar surface area (TPSA) is 27.0 Å². The lowest BCUT2D eigenvalue weighted by atomic mass is 10.8. The monoisotopic (exact) mass is 111 g/mol. The maximum Gasteiger partial charge on any atom is 0.184 e. The summed E-state index contributed by atoms with van der Waals surface area (Å²) in [4.78, 5) is 1.45. The molecule has 0 spiro atoms. The SMILES string of the molecule is N#CN1[CH]SC=C1. The normalized spacial score (nSPS) is 17.3. The smallest absolute Gasteiger partial charge is 0.184 e. The van der Waals surface area contributed by atoms with Crippen LogP contribution in [0.25, 0.3) is 0 Å². The molecule has 0 saturated heterocycles. The molecule has 1 aliphatic heterocycles. The van der Waals surface area contributed by atoms with Gasteiger partial charge < -0.3 is 0 Å². The van der Waals surface area contributed by atoms with Gasteiger partial charge in [0.25, 0.3) is 0 Å². The maximum absolute atomic E-state index is 8.15. The largest absolute Gasteiger partial charge is 0.270 e. The van der Waals surface area contributed by atoms with Crippen LogP contribution in [0, 0.1) is 17.3 Å². The highest BCUT2D eigenvalue weighted by atomic mass is 32.2. The van der Waals surface area contributed by atoms with Gasteiger partial charge in [-0.2, -0.15) is 5.26 Å². The van der Waals surface area contributed by atoms with Crippen LogP contribution >= 0.6 is 11.8 Å². The van der Waals surface area contributed by atoms with Gasteiger partial charge in [-0.25, -0.2) is 0 Å². The van der Waals surface area contributed by atoms with Gasteiger partial charge in [0.15, 0.2) is 6.19 Å². The summed E-state index contributed by atoms with van der Waals surface area (Å²) in [6.45, 7) is 0. The Hall–Kier alpha value is -0.620. The summed E-state index contributed by atoms with van der Waals surface area (Å²) >= 11 is 1.50. The lowest BCUT2D eigenvalue weighted by molar-refractivity contribution is 0.702. The first kappa shape index (κ1) is 4.54. The van der Waals surface area contributed by atoms with Gasteiger partial charge in [-0.3, -0.25) is 4.90 Å². The van der Waals surface area contributed by atoms with Crippen molar-refractivity contribution in [1.82, 2.24) is 4.90 Å². The highest BCUT2D eigenvalue weighted by Crippen LogP contribution is 2.18. The fraction of sp³-hybridized carbons (Fsp3) is 0. The van der Waals surface area contributed by atoms with Crippen LogP contribution < -0.4 is 0 Å². The van der Waals surface area contributed by atoms with E-state index in [4.69, 9.17) is 5.26 Å². The van der Waals surface area contributed by atoms with Crippen LogP contribution in [-0.2, 0) is 0 Å². The third-order valence-electron chi connectivity index (χ3n) is 0.590. The number of hydrogen-bond donors (Lipinski definition) is 0. The molecule has 2 nitrogen and oxygen atoms in total. The Morgan fingerprint density at radius 1 is 1.71 bits per heavy atom. The molecule has 0 bridgehead atoms. The van der Waals surface area contributed by atoms with E-state index in [1.165, 1.54) is 16.7 Å². The third kappa shape index (κ3) is 0.875. The minimum absolute atomic E-state index is 1.45. The molecule has 0 fully saturated rings.